The van der Waals surface area contributed by atoms with Gasteiger partial charge in [-0.15, -0.1) is 6.58 Å². The molecule has 1 aliphatic rings. The summed E-state index contributed by atoms with van der Waals surface area (Å²) in [6.07, 6.45) is 2.00. The molecule has 0 aromatic carbocycles. The fraction of sp³-hybridized carbons (Fsp3) is 0.800. The van der Waals surface area contributed by atoms with Gasteiger partial charge in [-0.2, -0.15) is 0 Å². The second kappa shape index (κ2) is 4.74. The standard InChI is InChI=1S/C10H21N3/c1-5-9(11-2)10-8-12(3)6-7-13(10)4/h5,9-11H,1,6-8H2,2-4H3. The molecule has 2 atom stereocenters. The van der Waals surface area contributed by atoms with Crippen molar-refractivity contribution < 1.29 is 0 Å². The molecule has 1 rings (SSSR count). The molecule has 2 unspecified atom stereocenters. The Balaban J connectivity index is 2.58. The van der Waals surface area contributed by atoms with E-state index in [9.17, 15) is 0 Å². The second-order valence-electron chi connectivity index (χ2n) is 3.86. The average molecular weight is 183 g/mol. The lowest BCUT2D eigenvalue weighted by molar-refractivity contribution is 0.100. The van der Waals surface area contributed by atoms with Crippen LogP contribution in [-0.2, 0) is 0 Å². The molecular weight excluding hydrogens is 162 g/mol. The Morgan fingerprint density at radius 3 is 2.69 bits per heavy atom. The van der Waals surface area contributed by atoms with E-state index in [2.05, 4.69) is 35.8 Å². The minimum atomic E-state index is 0.396. The highest BCUT2D eigenvalue weighted by atomic mass is 15.3. The number of nitrogens with one attached hydrogen (secondary N) is 1. The van der Waals surface area contributed by atoms with Crippen LogP contribution in [0.3, 0.4) is 0 Å². The van der Waals surface area contributed by atoms with Gasteiger partial charge < -0.3 is 10.2 Å². The topological polar surface area (TPSA) is 18.5 Å². The molecule has 3 nitrogen and oxygen atoms in total. The van der Waals surface area contributed by atoms with Crippen molar-refractivity contribution in [2.75, 3.05) is 40.8 Å². The molecule has 0 bridgehead atoms. The van der Waals surface area contributed by atoms with Crippen molar-refractivity contribution in [3.8, 4) is 0 Å². The molecule has 0 spiro atoms. The van der Waals surface area contributed by atoms with E-state index in [-0.39, 0.29) is 0 Å². The second-order valence-corrected chi connectivity index (χ2v) is 3.86. The maximum atomic E-state index is 3.86. The van der Waals surface area contributed by atoms with Crippen LogP contribution in [0.25, 0.3) is 0 Å². The molecule has 3 heteroatoms. The third kappa shape index (κ3) is 2.53. The van der Waals surface area contributed by atoms with Gasteiger partial charge in [0, 0.05) is 31.7 Å². The third-order valence-electron chi connectivity index (χ3n) is 2.90. The fourth-order valence-corrected chi connectivity index (χ4v) is 1.90. The highest BCUT2D eigenvalue weighted by Crippen LogP contribution is 2.10. The Kier molecular flexibility index (Phi) is 3.90. The molecule has 0 aromatic rings. The lowest BCUT2D eigenvalue weighted by Crippen LogP contribution is -2.57. The Hall–Kier alpha value is -0.380. The smallest absolute Gasteiger partial charge is 0.0414 e. The van der Waals surface area contributed by atoms with Crippen molar-refractivity contribution in [2.45, 2.75) is 12.1 Å². The molecule has 1 fully saturated rings. The maximum absolute atomic E-state index is 3.86. The van der Waals surface area contributed by atoms with Crippen molar-refractivity contribution in [2.24, 2.45) is 0 Å². The van der Waals surface area contributed by atoms with Gasteiger partial charge in [-0.25, -0.2) is 0 Å². The molecule has 0 aromatic heterocycles. The molecule has 13 heavy (non-hydrogen) atoms. The Bertz CT molecular complexity index is 170. The van der Waals surface area contributed by atoms with Crippen LogP contribution in [0.4, 0.5) is 0 Å². The summed E-state index contributed by atoms with van der Waals surface area (Å²) in [5, 5.41) is 3.29. The first kappa shape index (κ1) is 10.7. The zero-order valence-electron chi connectivity index (χ0n) is 8.95. The first-order valence-corrected chi connectivity index (χ1v) is 4.87. The molecular formula is C10H21N3. The predicted octanol–water partition coefficient (Wildman–Crippen LogP) is 0.00620. The van der Waals surface area contributed by atoms with E-state index in [1.165, 1.54) is 6.54 Å². The van der Waals surface area contributed by atoms with Crippen LogP contribution in [0.2, 0.25) is 0 Å². The van der Waals surface area contributed by atoms with Gasteiger partial charge >= 0.3 is 0 Å². The largest absolute Gasteiger partial charge is 0.312 e. The third-order valence-corrected chi connectivity index (χ3v) is 2.90. The van der Waals surface area contributed by atoms with Crippen LogP contribution in [0.5, 0.6) is 0 Å². The van der Waals surface area contributed by atoms with Gasteiger partial charge in [0.05, 0.1) is 0 Å². The van der Waals surface area contributed by atoms with E-state index in [1.54, 1.807) is 0 Å². The maximum Gasteiger partial charge on any atom is 0.0414 e. The summed E-state index contributed by atoms with van der Waals surface area (Å²) in [4.78, 5) is 4.78. The van der Waals surface area contributed by atoms with Crippen LogP contribution >= 0.6 is 0 Å². The lowest BCUT2D eigenvalue weighted by atomic mass is 10.0. The predicted molar refractivity (Wildman–Crippen MR) is 57.0 cm³/mol. The van der Waals surface area contributed by atoms with E-state index >= 15 is 0 Å². The molecule has 1 N–H and O–H groups in total. The molecule has 1 heterocycles. The van der Waals surface area contributed by atoms with Gasteiger partial charge in [0.1, 0.15) is 0 Å². The van der Waals surface area contributed by atoms with Crippen molar-refractivity contribution in [1.82, 2.24) is 15.1 Å². The summed E-state index contributed by atoms with van der Waals surface area (Å²) in [6, 6.07) is 0.953. The molecule has 1 saturated heterocycles. The van der Waals surface area contributed by atoms with Gasteiger partial charge in [0.25, 0.3) is 0 Å². The zero-order valence-corrected chi connectivity index (χ0v) is 8.95. The highest BCUT2D eigenvalue weighted by molar-refractivity contribution is 4.97. The first-order chi connectivity index (χ1) is 6.19. The van der Waals surface area contributed by atoms with Crippen LogP contribution < -0.4 is 5.32 Å². The molecule has 0 aliphatic carbocycles. The molecule has 76 valence electrons. The molecule has 1 aliphatic heterocycles. The van der Waals surface area contributed by atoms with Crippen molar-refractivity contribution in [3.05, 3.63) is 12.7 Å². The zero-order chi connectivity index (χ0) is 9.84. The van der Waals surface area contributed by atoms with Gasteiger partial charge in [-0.05, 0) is 21.1 Å². The van der Waals surface area contributed by atoms with E-state index < -0.39 is 0 Å². The Morgan fingerprint density at radius 1 is 1.46 bits per heavy atom. The minimum absolute atomic E-state index is 0.396. The lowest BCUT2D eigenvalue weighted by Gasteiger charge is -2.40. The van der Waals surface area contributed by atoms with Crippen LogP contribution in [0, 0.1) is 0 Å². The summed E-state index contributed by atoms with van der Waals surface area (Å²) in [7, 11) is 6.36. The minimum Gasteiger partial charge on any atom is -0.312 e. The first-order valence-electron chi connectivity index (χ1n) is 4.87. The Labute approximate surface area is 81.4 Å². The number of piperazine rings is 1. The summed E-state index contributed by atoms with van der Waals surface area (Å²) in [5.74, 6) is 0. The number of hydrogen-bond donors (Lipinski definition) is 1. The quantitative estimate of drug-likeness (QED) is 0.622. The number of rotatable bonds is 3. The fourth-order valence-electron chi connectivity index (χ4n) is 1.90. The normalized spacial score (nSPS) is 28.7. The summed E-state index contributed by atoms with van der Waals surface area (Å²) in [6.45, 7) is 7.29. The summed E-state index contributed by atoms with van der Waals surface area (Å²) in [5.41, 5.74) is 0. The van der Waals surface area contributed by atoms with E-state index in [1.807, 2.05) is 13.1 Å². The van der Waals surface area contributed by atoms with Crippen LogP contribution in [-0.4, -0.2) is 62.7 Å². The van der Waals surface area contributed by atoms with Gasteiger partial charge in [0.2, 0.25) is 0 Å². The Morgan fingerprint density at radius 2 is 2.15 bits per heavy atom. The average Bonchev–Trinajstić information content (AvgIpc) is 2.13. The van der Waals surface area contributed by atoms with E-state index in [4.69, 9.17) is 0 Å². The van der Waals surface area contributed by atoms with Crippen LogP contribution in [0.15, 0.2) is 12.7 Å². The van der Waals surface area contributed by atoms with Crippen molar-refractivity contribution >= 4 is 0 Å². The molecule has 0 amide bonds. The van der Waals surface area contributed by atoms with E-state index in [0.717, 1.165) is 13.1 Å². The van der Waals surface area contributed by atoms with Crippen LogP contribution in [0.1, 0.15) is 0 Å². The molecule has 0 saturated carbocycles. The van der Waals surface area contributed by atoms with Gasteiger partial charge in [-0.1, -0.05) is 6.08 Å². The monoisotopic (exact) mass is 183 g/mol. The van der Waals surface area contributed by atoms with Gasteiger partial charge in [0.15, 0.2) is 0 Å². The van der Waals surface area contributed by atoms with Crippen molar-refractivity contribution in [1.29, 1.82) is 0 Å². The highest BCUT2D eigenvalue weighted by Gasteiger charge is 2.26. The number of hydrogen-bond acceptors (Lipinski definition) is 3. The summed E-state index contributed by atoms with van der Waals surface area (Å²) < 4.78 is 0. The number of likely N-dealkylation sites (N-methyl/N-ethyl adjacent to an activating group) is 3. The number of nitrogens with zero attached hydrogens (tertiary/aromatic N) is 2. The SMILES string of the molecule is C=CC(NC)C1CN(C)CCN1C. The molecule has 0 radical (unpaired) electrons. The van der Waals surface area contributed by atoms with E-state index in [0.29, 0.717) is 12.1 Å². The van der Waals surface area contributed by atoms with Crippen molar-refractivity contribution in [3.63, 3.8) is 0 Å². The van der Waals surface area contributed by atoms with Gasteiger partial charge in [-0.3, -0.25) is 4.90 Å². The summed E-state index contributed by atoms with van der Waals surface area (Å²) >= 11 is 0.